The Morgan fingerprint density at radius 2 is 0.935 bits per heavy atom. The number of imidazole rings is 2. The van der Waals surface area contributed by atoms with Crippen molar-refractivity contribution >= 4 is 131 Å². The number of fused-ring (bicyclic) bond motifs is 2. The number of rotatable bonds is 31. The van der Waals surface area contributed by atoms with Gasteiger partial charge in [0.2, 0.25) is 0 Å². The second kappa shape index (κ2) is 55.9. The van der Waals surface area contributed by atoms with Crippen LogP contribution in [0.2, 0.25) is 0 Å². The molecule has 2 aromatic carbocycles. The maximum absolute atomic E-state index is 15.0. The predicted molar refractivity (Wildman–Crippen MR) is 405 cm³/mol. The van der Waals surface area contributed by atoms with Crippen LogP contribution in [0.3, 0.4) is 0 Å². The van der Waals surface area contributed by atoms with Crippen molar-refractivity contribution < 1.29 is 138 Å². The molecule has 4 aromatic heterocycles. The van der Waals surface area contributed by atoms with E-state index in [0.29, 0.717) is 95.7 Å². The van der Waals surface area contributed by atoms with E-state index in [1.54, 1.807) is 20.0 Å². The van der Waals surface area contributed by atoms with E-state index < -0.39 is 76.9 Å². The molecule has 0 radical (unpaired) electrons. The number of hydrogen-bond acceptors (Lipinski definition) is 29. The number of nitrogens with zero attached hydrogens (tertiary/aromatic N) is 10. The second-order valence-electron chi connectivity index (χ2n) is 25.5. The minimum atomic E-state index is -3.27. The molecule has 1 saturated heterocycles. The monoisotopic (exact) mass is 1730 g/mol. The van der Waals surface area contributed by atoms with Crippen LogP contribution in [0.25, 0.3) is 22.3 Å². The van der Waals surface area contributed by atoms with Gasteiger partial charge in [0.05, 0.1) is 48.8 Å². The van der Waals surface area contributed by atoms with Crippen molar-refractivity contribution in [3.63, 3.8) is 0 Å². The van der Waals surface area contributed by atoms with Crippen molar-refractivity contribution in [2.75, 3.05) is 89.7 Å². The Morgan fingerprint density at radius 1 is 0.574 bits per heavy atom. The summed E-state index contributed by atoms with van der Waals surface area (Å²) in [5, 5.41) is 8.68. The molecule has 0 amide bonds. The molecule has 2 aliphatic rings. The third-order valence-electron chi connectivity index (χ3n) is 15.2. The van der Waals surface area contributed by atoms with Crippen LogP contribution in [0.1, 0.15) is 105 Å². The summed E-state index contributed by atoms with van der Waals surface area (Å²) in [5.74, 6) is 1.80. The molecule has 40 heteroatoms. The standard InChI is InChI=1S/C17H24FIN5O3P.C17H23FN5O3P.C14H23O2P.C9H13O3P.C7H17O2P.4CO2.Na/c1-5-10(2)6-28(4,25)9-26-17-12(19)11(18)16(27-17)24-8-23-13-14(20-3)21-7-22-15(13)24;1-5-11(2)7-27(4,24)10-25-13-6-12(18)17(26-13)23-9-22-14-15(19-3)20-8-21-16(14)23;1-4-13(2)11-17(3,15)12-16-10-14-8-6-5-7-9-14;1-13(10,11)8-12-7-9-5-3-2-4-6-9;1-4-7(2)5-10(3,9)6-8;4*2-1-3;/h7-8,10-12,16-17H,3,5-6,9H2,1-2,4H3;6,8-9,11,13,17H,3,5,7,10H2,1-2,4H3;5-9,13H,4,10-12H2,1-3H3;2-6H,7-8H2,1H3,(H,10,11);7-8H,4-6H2,1-3H3;;;;;/q;;;;;;;;;+1/p-1/t10-,11?,12-,16+,17?,28-;11-,13?,17+,27-;13-,17-;;7-,10-;;;;;/m000.0...../s1. The van der Waals surface area contributed by atoms with Gasteiger partial charge in [0, 0.05) is 38.1 Å². The number of aliphatic hydroxyl groups is 1. The molecule has 0 bridgehead atoms. The number of halogens is 3. The summed E-state index contributed by atoms with van der Waals surface area (Å²) in [6.07, 6.45) is 9.49. The third-order valence-corrected chi connectivity index (χ3v) is 25.5. The van der Waals surface area contributed by atoms with Crippen LogP contribution in [0.15, 0.2) is 108 Å². The number of aliphatic hydroxyl groups excluding tert-OH is 1. The van der Waals surface area contributed by atoms with Crippen molar-refractivity contribution in [1.29, 1.82) is 0 Å². The first kappa shape index (κ1) is 105. The van der Waals surface area contributed by atoms with Crippen molar-refractivity contribution in [2.24, 2.45) is 33.7 Å². The van der Waals surface area contributed by atoms with Gasteiger partial charge < -0.3 is 61.2 Å². The molecule has 2 aliphatic heterocycles. The van der Waals surface area contributed by atoms with Gasteiger partial charge >= 0.3 is 54.2 Å². The Labute approximate surface area is 664 Å². The smallest absolute Gasteiger partial charge is 0.798 e. The van der Waals surface area contributed by atoms with Crippen molar-refractivity contribution in [3.8, 4) is 0 Å². The minimum Gasteiger partial charge on any atom is -0.798 e. The van der Waals surface area contributed by atoms with E-state index in [0.717, 1.165) is 43.0 Å². The number of aliphatic imine (C=N–C) groups is 2. The van der Waals surface area contributed by atoms with Crippen LogP contribution < -0.4 is 34.5 Å². The van der Waals surface area contributed by atoms with Crippen molar-refractivity contribution in [2.45, 2.75) is 129 Å². The molecule has 6 aromatic rings. The normalized spacial score (nSPS) is 19.7. The summed E-state index contributed by atoms with van der Waals surface area (Å²) in [5.41, 5.74) is 3.73. The van der Waals surface area contributed by atoms with E-state index >= 15 is 0 Å². The van der Waals surface area contributed by atoms with Crippen LogP contribution in [0.4, 0.5) is 20.4 Å². The Kier molecular flexibility index (Phi) is 54.1. The summed E-state index contributed by atoms with van der Waals surface area (Å²) >= 11 is 1.97. The largest absolute Gasteiger partial charge is 1.00 e. The Morgan fingerprint density at radius 3 is 1.31 bits per heavy atom. The molecule has 0 aliphatic carbocycles. The van der Waals surface area contributed by atoms with Gasteiger partial charge in [0.1, 0.15) is 53.9 Å². The van der Waals surface area contributed by atoms with Crippen molar-refractivity contribution in [3.05, 3.63) is 109 Å². The Bertz CT molecular complexity index is 3990. The molecule has 594 valence electrons. The summed E-state index contributed by atoms with van der Waals surface area (Å²) in [7, 11) is -12.6. The first-order valence-electron chi connectivity index (χ1n) is 33.2. The SMILES string of the molecule is C=Nc1ncnc2c1ncn2[C@@H]1OC(OC[P@@](C)(=O)C[C@@H](C)CC)C=C1F.C=Nc1ncnc2c1ncn2[C@@H]1OC(OC[P@@](C)(=O)C[C@@H](C)CC)[C@@H](I)C1F.CC[C@H](C)C[P@](C)(=O)CO.CC[C@H](C)C[P@](C)(=O)COCc1ccccc1.CP(=O)([O-])COCc1ccccc1.O=C=O.O=C=O.O=C=O.O=C=O.[Na+]. The van der Waals surface area contributed by atoms with E-state index in [4.69, 9.17) is 71.9 Å². The summed E-state index contributed by atoms with van der Waals surface area (Å²) in [4.78, 5) is 108. The first-order chi connectivity index (χ1) is 50.4. The molecular weight excluding hydrogens is 1640 g/mol. The van der Waals surface area contributed by atoms with E-state index in [9.17, 15) is 36.5 Å². The fourth-order valence-corrected chi connectivity index (χ4v) is 18.9. The summed E-state index contributed by atoms with van der Waals surface area (Å²) in [6.45, 7) is 32.6. The van der Waals surface area contributed by atoms with Crippen LogP contribution in [0.5, 0.6) is 0 Å². The Hall–Kier alpha value is -5.44. The van der Waals surface area contributed by atoms with E-state index in [-0.39, 0.29) is 79.6 Å². The molecule has 4 unspecified atom stereocenters. The topological polar surface area (TPSA) is 432 Å². The first-order valence-corrected chi connectivity index (χ1v) is 46.8. The third kappa shape index (κ3) is 42.3. The molecule has 31 nitrogen and oxygen atoms in total. The number of ether oxygens (including phenoxy) is 6. The average molecular weight is 1740 g/mol. The van der Waals surface area contributed by atoms with E-state index in [1.165, 1.54) is 47.2 Å². The number of hydrogen-bond donors (Lipinski definition) is 1. The molecular formula is C68H99F2IN10NaO21P5. The second-order valence-corrected chi connectivity index (χ2v) is 42.1. The molecule has 1 fully saturated rings. The minimum absolute atomic E-state index is 0. The van der Waals surface area contributed by atoms with Gasteiger partial charge in [-0.25, -0.2) is 48.7 Å². The molecule has 8 rings (SSSR count). The number of aromatic nitrogens is 8. The quantitative estimate of drug-likeness (QED) is 0.0139. The molecule has 0 spiro atoms. The molecule has 1 N–H and O–H groups in total. The van der Waals surface area contributed by atoms with Gasteiger partial charge in [-0.3, -0.25) is 9.13 Å². The van der Waals surface area contributed by atoms with Gasteiger partial charge in [-0.2, -0.15) is 38.4 Å². The molecule has 108 heavy (non-hydrogen) atoms. The van der Waals surface area contributed by atoms with Crippen LogP contribution in [0, 0.1) is 23.7 Å². The summed E-state index contributed by atoms with van der Waals surface area (Å²) in [6, 6.07) is 19.5. The van der Waals surface area contributed by atoms with Crippen LogP contribution in [-0.2, 0) is 103 Å². The molecule has 0 saturated carbocycles. The van der Waals surface area contributed by atoms with Gasteiger partial charge in [0.25, 0.3) is 0 Å². The van der Waals surface area contributed by atoms with Crippen LogP contribution in [-0.4, -0.2) is 195 Å². The van der Waals surface area contributed by atoms with Crippen molar-refractivity contribution in [1.82, 2.24) is 39.0 Å². The van der Waals surface area contributed by atoms with Gasteiger partial charge in [-0.1, -0.05) is 164 Å². The number of alkyl halides is 2. The molecule has 15 atom stereocenters. The van der Waals surface area contributed by atoms with Gasteiger partial charge in [0.15, 0.2) is 71.0 Å². The molecule has 6 heterocycles. The maximum Gasteiger partial charge on any atom is 1.00 e. The zero-order valence-corrected chi connectivity index (χ0v) is 72.0. The fourth-order valence-electron chi connectivity index (χ4n) is 9.61. The van der Waals surface area contributed by atoms with Crippen LogP contribution >= 0.6 is 58.5 Å². The fraction of sp³-hybridized carbons (Fsp3) is 0.559. The van der Waals surface area contributed by atoms with Gasteiger partial charge in [-0.15, -0.1) is 0 Å². The van der Waals surface area contributed by atoms with Gasteiger partial charge in [-0.05, 0) is 81.6 Å². The number of benzene rings is 2. The van der Waals surface area contributed by atoms with E-state index in [2.05, 4.69) is 109 Å². The predicted octanol–water partition coefficient (Wildman–Crippen LogP) is 10.3. The zero-order valence-electron chi connectivity index (χ0n) is 63.4. The number of carbonyl (C=O) groups excluding carboxylic acids is 8. The maximum atomic E-state index is 15.0. The summed E-state index contributed by atoms with van der Waals surface area (Å²) < 4.78 is 125. The zero-order chi connectivity index (χ0) is 81.6. The average Bonchev–Trinajstić information content (AvgIpc) is 1.63. The van der Waals surface area contributed by atoms with E-state index in [1.807, 2.05) is 89.9 Å². The Balaban J connectivity index is 0.